The van der Waals surface area contributed by atoms with Gasteiger partial charge in [0.2, 0.25) is 0 Å². The van der Waals surface area contributed by atoms with Gasteiger partial charge in [0.25, 0.3) is 0 Å². The molecule has 0 atom stereocenters. The first kappa shape index (κ1) is 12.1. The standard InChI is InChI=1S/C14H10N2OS/c15-8-10(14(16)18)7-12-11-4-2-1-3-9(11)5-6-13(12)17/h1-7,17H,(H2,16,18)/b10-7+. The minimum absolute atomic E-state index is 0.0184. The molecule has 0 amide bonds. The minimum Gasteiger partial charge on any atom is -0.507 e. The van der Waals surface area contributed by atoms with Crippen molar-refractivity contribution in [1.82, 2.24) is 0 Å². The molecule has 3 nitrogen and oxygen atoms in total. The number of thiocarbonyl (C=S) groups is 1. The molecular formula is C14H10N2OS. The second kappa shape index (κ2) is 4.86. The van der Waals surface area contributed by atoms with Gasteiger partial charge in [0, 0.05) is 5.56 Å². The molecule has 0 fully saturated rings. The summed E-state index contributed by atoms with van der Waals surface area (Å²) in [6.45, 7) is 0. The minimum atomic E-state index is 0.0184. The normalized spacial score (nSPS) is 11.2. The van der Waals surface area contributed by atoms with Crippen LogP contribution in [-0.2, 0) is 0 Å². The van der Waals surface area contributed by atoms with Crippen LogP contribution in [0.4, 0.5) is 0 Å². The number of nitrogens with zero attached hydrogens (tertiary/aromatic N) is 1. The Kier molecular flexibility index (Phi) is 3.26. The van der Waals surface area contributed by atoms with Gasteiger partial charge < -0.3 is 10.8 Å². The molecule has 3 N–H and O–H groups in total. The number of phenols is 1. The first-order valence-electron chi connectivity index (χ1n) is 5.26. The van der Waals surface area contributed by atoms with Crippen LogP contribution in [0.3, 0.4) is 0 Å². The van der Waals surface area contributed by atoms with E-state index in [4.69, 9.17) is 23.2 Å². The van der Waals surface area contributed by atoms with Crippen molar-refractivity contribution in [2.45, 2.75) is 0 Å². The highest BCUT2D eigenvalue weighted by molar-refractivity contribution is 7.80. The molecule has 0 bridgehead atoms. The molecule has 2 aromatic carbocycles. The van der Waals surface area contributed by atoms with Gasteiger partial charge in [-0.15, -0.1) is 0 Å². The molecule has 0 aliphatic carbocycles. The Balaban J connectivity index is 2.75. The smallest absolute Gasteiger partial charge is 0.123 e. The monoisotopic (exact) mass is 254 g/mol. The Hall–Kier alpha value is -2.38. The summed E-state index contributed by atoms with van der Waals surface area (Å²) in [5.41, 5.74) is 6.18. The second-order valence-corrected chi connectivity index (χ2v) is 4.19. The van der Waals surface area contributed by atoms with Crippen molar-refractivity contribution in [3.8, 4) is 11.8 Å². The predicted molar refractivity (Wildman–Crippen MR) is 76.0 cm³/mol. The zero-order chi connectivity index (χ0) is 13.1. The van der Waals surface area contributed by atoms with Crippen LogP contribution < -0.4 is 5.73 Å². The predicted octanol–water partition coefficient (Wildman–Crippen LogP) is 2.74. The lowest BCUT2D eigenvalue weighted by atomic mass is 10.0. The third kappa shape index (κ3) is 2.17. The average molecular weight is 254 g/mol. The first-order chi connectivity index (χ1) is 8.63. The summed E-state index contributed by atoms with van der Waals surface area (Å²) < 4.78 is 0. The number of aromatic hydroxyl groups is 1. The Bertz CT molecular complexity index is 698. The molecule has 2 aromatic rings. The lowest BCUT2D eigenvalue weighted by Gasteiger charge is -2.05. The summed E-state index contributed by atoms with van der Waals surface area (Å²) >= 11 is 4.79. The Morgan fingerprint density at radius 1 is 1.28 bits per heavy atom. The Morgan fingerprint density at radius 2 is 2.00 bits per heavy atom. The van der Waals surface area contributed by atoms with Crippen LogP contribution in [0.2, 0.25) is 0 Å². The van der Waals surface area contributed by atoms with Crippen LogP contribution in [0.5, 0.6) is 5.75 Å². The summed E-state index contributed by atoms with van der Waals surface area (Å²) in [5.74, 6) is 0.0951. The number of hydrogen-bond acceptors (Lipinski definition) is 3. The molecule has 0 radical (unpaired) electrons. The van der Waals surface area contributed by atoms with E-state index in [2.05, 4.69) is 0 Å². The third-order valence-corrected chi connectivity index (χ3v) is 2.84. The zero-order valence-electron chi connectivity index (χ0n) is 9.42. The number of nitriles is 1. The van der Waals surface area contributed by atoms with Crippen LogP contribution >= 0.6 is 12.2 Å². The van der Waals surface area contributed by atoms with E-state index in [1.165, 1.54) is 6.08 Å². The van der Waals surface area contributed by atoms with Gasteiger partial charge in [0.15, 0.2) is 0 Å². The number of fused-ring (bicyclic) bond motifs is 1. The molecule has 0 saturated heterocycles. The van der Waals surface area contributed by atoms with Crippen molar-refractivity contribution in [1.29, 1.82) is 5.26 Å². The van der Waals surface area contributed by atoms with Gasteiger partial charge in [0.05, 0.1) is 5.57 Å². The Morgan fingerprint density at radius 3 is 2.67 bits per heavy atom. The molecule has 0 unspecified atom stereocenters. The van der Waals surface area contributed by atoms with Crippen LogP contribution in [-0.4, -0.2) is 10.1 Å². The van der Waals surface area contributed by atoms with Crippen molar-refractivity contribution >= 4 is 34.1 Å². The van der Waals surface area contributed by atoms with Crippen LogP contribution in [0.1, 0.15) is 5.56 Å². The van der Waals surface area contributed by atoms with Gasteiger partial charge in [-0.3, -0.25) is 0 Å². The van der Waals surface area contributed by atoms with Crippen LogP contribution in [0.15, 0.2) is 42.0 Å². The molecule has 0 saturated carbocycles. The van der Waals surface area contributed by atoms with E-state index in [1.807, 2.05) is 36.4 Å². The summed E-state index contributed by atoms with van der Waals surface area (Å²) in [6, 6.07) is 12.9. The van der Waals surface area contributed by atoms with E-state index < -0.39 is 0 Å². The highest BCUT2D eigenvalue weighted by Crippen LogP contribution is 2.29. The highest BCUT2D eigenvalue weighted by Gasteiger charge is 2.07. The molecule has 0 aliphatic rings. The van der Waals surface area contributed by atoms with E-state index >= 15 is 0 Å². The molecular weight excluding hydrogens is 244 g/mol. The van der Waals surface area contributed by atoms with Gasteiger partial charge in [-0.1, -0.05) is 42.5 Å². The molecule has 0 aromatic heterocycles. The lowest BCUT2D eigenvalue weighted by Crippen LogP contribution is -2.09. The van der Waals surface area contributed by atoms with Crippen molar-refractivity contribution in [2.75, 3.05) is 0 Å². The molecule has 0 heterocycles. The van der Waals surface area contributed by atoms with Crippen molar-refractivity contribution in [2.24, 2.45) is 5.73 Å². The average Bonchev–Trinajstić information content (AvgIpc) is 2.37. The lowest BCUT2D eigenvalue weighted by molar-refractivity contribution is 0.475. The second-order valence-electron chi connectivity index (χ2n) is 3.75. The molecule has 88 valence electrons. The van der Waals surface area contributed by atoms with Crippen molar-refractivity contribution in [3.63, 3.8) is 0 Å². The van der Waals surface area contributed by atoms with E-state index in [1.54, 1.807) is 6.07 Å². The quantitative estimate of drug-likeness (QED) is 0.491. The summed E-state index contributed by atoms with van der Waals surface area (Å²) in [5, 5.41) is 20.7. The maximum atomic E-state index is 9.90. The molecule has 4 heteroatoms. The van der Waals surface area contributed by atoms with Crippen molar-refractivity contribution < 1.29 is 5.11 Å². The largest absolute Gasteiger partial charge is 0.507 e. The van der Waals surface area contributed by atoms with E-state index in [9.17, 15) is 5.11 Å². The zero-order valence-corrected chi connectivity index (χ0v) is 10.2. The number of rotatable bonds is 2. The van der Waals surface area contributed by atoms with Crippen molar-refractivity contribution in [3.05, 3.63) is 47.5 Å². The number of nitrogens with two attached hydrogens (primary N) is 1. The highest BCUT2D eigenvalue weighted by atomic mass is 32.1. The van der Waals surface area contributed by atoms with Gasteiger partial charge in [-0.25, -0.2) is 0 Å². The molecule has 0 aliphatic heterocycles. The molecule has 18 heavy (non-hydrogen) atoms. The van der Waals surface area contributed by atoms with Gasteiger partial charge in [-0.05, 0) is 22.9 Å². The van der Waals surface area contributed by atoms with E-state index in [0.717, 1.165) is 10.8 Å². The summed E-state index contributed by atoms with van der Waals surface area (Å²) in [6.07, 6.45) is 1.51. The SMILES string of the molecule is N#C/C(=C\c1c(O)ccc2ccccc12)C(N)=S. The van der Waals surface area contributed by atoms with Crippen LogP contribution in [0, 0.1) is 11.3 Å². The number of benzene rings is 2. The number of hydrogen-bond donors (Lipinski definition) is 2. The maximum Gasteiger partial charge on any atom is 0.123 e. The fourth-order valence-electron chi connectivity index (χ4n) is 1.74. The van der Waals surface area contributed by atoms with Crippen LogP contribution in [0.25, 0.3) is 16.8 Å². The molecule has 0 spiro atoms. The fourth-order valence-corrected chi connectivity index (χ4v) is 1.84. The Labute approximate surface area is 110 Å². The van der Waals surface area contributed by atoms with E-state index in [0.29, 0.717) is 5.56 Å². The summed E-state index contributed by atoms with van der Waals surface area (Å²) in [7, 11) is 0. The van der Waals surface area contributed by atoms with Gasteiger partial charge in [-0.2, -0.15) is 5.26 Å². The first-order valence-corrected chi connectivity index (χ1v) is 5.66. The number of phenolic OH excluding ortho intramolecular Hbond substituents is 1. The summed E-state index contributed by atoms with van der Waals surface area (Å²) in [4.78, 5) is 0.0184. The maximum absolute atomic E-state index is 9.90. The molecule has 2 rings (SSSR count). The van der Waals surface area contributed by atoms with E-state index in [-0.39, 0.29) is 16.3 Å². The fraction of sp³-hybridized carbons (Fsp3) is 0. The van der Waals surface area contributed by atoms with Gasteiger partial charge >= 0.3 is 0 Å². The third-order valence-electron chi connectivity index (χ3n) is 2.62. The topological polar surface area (TPSA) is 70.0 Å². The van der Waals surface area contributed by atoms with Gasteiger partial charge in [0.1, 0.15) is 16.8 Å².